The smallest absolute Gasteiger partial charge is 0.354 e. The first-order valence-electron chi connectivity index (χ1n) is 12.3. The minimum Gasteiger partial charge on any atom is -0.497 e. The van der Waals surface area contributed by atoms with Crippen molar-refractivity contribution in [3.63, 3.8) is 0 Å². The molecule has 5 atom stereocenters. The molecule has 2 heterocycles. The van der Waals surface area contributed by atoms with E-state index < -0.39 is 35.7 Å². The molecule has 0 radical (unpaired) electrons. The van der Waals surface area contributed by atoms with Crippen LogP contribution in [0.3, 0.4) is 0 Å². The fraction of sp³-hybridized carbons (Fsp3) is 0.556. The van der Waals surface area contributed by atoms with Crippen LogP contribution in [0.25, 0.3) is 0 Å². The number of nitrogens with zero attached hydrogens (tertiary/aromatic N) is 1. The molecule has 2 aliphatic heterocycles. The second kappa shape index (κ2) is 10.3. The molecule has 9 nitrogen and oxygen atoms in total. The zero-order valence-corrected chi connectivity index (χ0v) is 21.4. The predicted octanol–water partition coefficient (Wildman–Crippen LogP) is 3.73. The highest BCUT2D eigenvalue weighted by Gasteiger charge is 2.67. The molecule has 4 rings (SSSR count). The molecular weight excluding hydrogens is 466 g/mol. The van der Waals surface area contributed by atoms with Crippen molar-refractivity contribution in [2.75, 3.05) is 13.7 Å². The number of fused-ring (bicyclic) bond motifs is 2. The second-order valence-corrected chi connectivity index (χ2v) is 9.75. The van der Waals surface area contributed by atoms with Crippen LogP contribution in [0.4, 0.5) is 0 Å². The van der Waals surface area contributed by atoms with Gasteiger partial charge in [0.05, 0.1) is 25.3 Å². The van der Waals surface area contributed by atoms with Gasteiger partial charge in [0, 0.05) is 26.7 Å². The predicted molar refractivity (Wildman–Crippen MR) is 129 cm³/mol. The minimum absolute atomic E-state index is 0.0296. The topological polar surface area (TPSA) is 110 Å². The summed E-state index contributed by atoms with van der Waals surface area (Å²) >= 11 is 0. The number of methoxy groups -OCH3 is 1. The van der Waals surface area contributed by atoms with E-state index in [4.69, 9.17) is 23.8 Å². The Balaban J connectivity index is 1.61. The Kier molecular flexibility index (Phi) is 7.38. The molecule has 1 spiro atoms. The van der Waals surface area contributed by atoms with Crippen molar-refractivity contribution in [2.45, 2.75) is 71.2 Å². The van der Waals surface area contributed by atoms with Gasteiger partial charge in [-0.2, -0.15) is 0 Å². The zero-order valence-electron chi connectivity index (χ0n) is 21.4. The number of carbonyl (C=O) groups excluding carboxylic acids is 3. The molecule has 0 unspecified atom stereocenters. The first-order chi connectivity index (χ1) is 17.2. The molecule has 3 aliphatic rings. The summed E-state index contributed by atoms with van der Waals surface area (Å²) in [5.74, 6) is -1.04. The lowest BCUT2D eigenvalue weighted by Crippen LogP contribution is -2.52. The maximum absolute atomic E-state index is 13.3. The van der Waals surface area contributed by atoms with Gasteiger partial charge in [0.25, 0.3) is 0 Å². The van der Waals surface area contributed by atoms with Gasteiger partial charge in [-0.25, -0.2) is 4.79 Å². The summed E-state index contributed by atoms with van der Waals surface area (Å²) in [6, 6.07) is 7.37. The van der Waals surface area contributed by atoms with Gasteiger partial charge >= 0.3 is 17.9 Å². The number of esters is 3. The largest absolute Gasteiger partial charge is 0.497 e. The molecule has 1 aliphatic carbocycles. The van der Waals surface area contributed by atoms with Gasteiger partial charge in [-0.1, -0.05) is 17.7 Å². The third-order valence-electron chi connectivity index (χ3n) is 7.26. The van der Waals surface area contributed by atoms with Crippen LogP contribution >= 0.6 is 0 Å². The van der Waals surface area contributed by atoms with Crippen molar-refractivity contribution in [1.82, 2.24) is 0 Å². The van der Waals surface area contributed by atoms with Crippen LogP contribution in [0.2, 0.25) is 0 Å². The molecule has 194 valence electrons. The van der Waals surface area contributed by atoms with Gasteiger partial charge in [0.1, 0.15) is 18.0 Å². The molecule has 0 N–H and O–H groups in total. The van der Waals surface area contributed by atoms with Crippen LogP contribution in [-0.2, 0) is 33.4 Å². The lowest BCUT2D eigenvalue weighted by molar-refractivity contribution is -0.164. The normalized spacial score (nSPS) is 27.6. The van der Waals surface area contributed by atoms with Gasteiger partial charge in [-0.05, 0) is 61.1 Å². The van der Waals surface area contributed by atoms with Crippen LogP contribution in [0.15, 0.2) is 40.6 Å². The third-order valence-corrected chi connectivity index (χ3v) is 7.26. The molecule has 0 bridgehead atoms. The van der Waals surface area contributed by atoms with Crippen molar-refractivity contribution in [3.05, 3.63) is 41.0 Å². The van der Waals surface area contributed by atoms with Gasteiger partial charge in [0.2, 0.25) is 5.60 Å². The highest BCUT2D eigenvalue weighted by atomic mass is 16.7. The number of benzene rings is 1. The number of hydrogen-bond donors (Lipinski definition) is 0. The number of carbonyl (C=O) groups is 3. The first-order valence-corrected chi connectivity index (χ1v) is 12.3. The fourth-order valence-corrected chi connectivity index (χ4v) is 5.66. The summed E-state index contributed by atoms with van der Waals surface area (Å²) in [7, 11) is 1.59. The second-order valence-electron chi connectivity index (χ2n) is 9.75. The first kappa shape index (κ1) is 25.7. The standard InChI is InChI=1S/C27H33NO8/c1-15(7-6-12-33-17(3)29)23-16(2)13-22-24(25(23)34-18(4)30)27(26(31)35-22)14-21(28-36-27)19-8-10-20(32-5)11-9-19/h8-11,15,22,24-25H,6-7,12-14H2,1-5H3/t15-,22+,24+,25+,27-/m0/s1. The van der Waals surface area contributed by atoms with Crippen LogP contribution in [0.5, 0.6) is 5.75 Å². The quantitative estimate of drug-likeness (QED) is 0.230. The monoisotopic (exact) mass is 499 g/mol. The lowest BCUT2D eigenvalue weighted by Gasteiger charge is -2.40. The van der Waals surface area contributed by atoms with Gasteiger partial charge < -0.3 is 23.8 Å². The molecule has 9 heteroatoms. The van der Waals surface area contributed by atoms with Crippen molar-refractivity contribution >= 4 is 23.6 Å². The maximum Gasteiger partial charge on any atom is 0.354 e. The van der Waals surface area contributed by atoms with Gasteiger partial charge in [-0.3, -0.25) is 9.59 Å². The summed E-state index contributed by atoms with van der Waals surface area (Å²) in [5.41, 5.74) is 2.06. The molecule has 1 saturated heterocycles. The van der Waals surface area contributed by atoms with Crippen LogP contribution < -0.4 is 4.74 Å². The number of rotatable bonds is 8. The summed E-state index contributed by atoms with van der Waals surface area (Å²) in [4.78, 5) is 42.5. The molecule has 1 aromatic rings. The maximum atomic E-state index is 13.3. The molecular formula is C27H33NO8. The molecule has 0 amide bonds. The molecule has 0 saturated carbocycles. The molecule has 36 heavy (non-hydrogen) atoms. The van der Waals surface area contributed by atoms with Crippen LogP contribution in [0.1, 0.15) is 58.9 Å². The SMILES string of the molecule is COc1ccc(C2=NO[C@]3(C2)C(=O)O[C@@H]2CC(C)=C([C@@H](C)CCCOC(C)=O)[C@@H](OC(C)=O)[C@@H]23)cc1. The molecule has 0 aromatic heterocycles. The van der Waals surface area contributed by atoms with E-state index in [9.17, 15) is 14.4 Å². The zero-order chi connectivity index (χ0) is 26.0. The Labute approximate surface area is 210 Å². The molecule has 1 aromatic carbocycles. The summed E-state index contributed by atoms with van der Waals surface area (Å²) in [6.07, 6.45) is 0.961. The van der Waals surface area contributed by atoms with Crippen LogP contribution in [-0.4, -0.2) is 55.1 Å². The number of hydrogen-bond acceptors (Lipinski definition) is 9. The summed E-state index contributed by atoms with van der Waals surface area (Å²) in [6.45, 7) is 7.11. The summed E-state index contributed by atoms with van der Waals surface area (Å²) in [5, 5.41) is 4.29. The van der Waals surface area contributed by atoms with E-state index in [0.29, 0.717) is 30.9 Å². The minimum atomic E-state index is -1.37. The average molecular weight is 500 g/mol. The van der Waals surface area contributed by atoms with Gasteiger partial charge in [-0.15, -0.1) is 0 Å². The van der Waals surface area contributed by atoms with E-state index in [1.54, 1.807) is 7.11 Å². The number of oxime groups is 1. The van der Waals surface area contributed by atoms with E-state index in [-0.39, 0.29) is 18.3 Å². The van der Waals surface area contributed by atoms with Crippen molar-refractivity contribution in [2.24, 2.45) is 17.0 Å². The Bertz CT molecular complexity index is 1090. The lowest BCUT2D eigenvalue weighted by atomic mass is 9.68. The Morgan fingerprint density at radius 1 is 1.19 bits per heavy atom. The van der Waals surface area contributed by atoms with Crippen LogP contribution in [0, 0.1) is 11.8 Å². The van der Waals surface area contributed by atoms with Crippen molar-refractivity contribution in [3.8, 4) is 5.75 Å². The Morgan fingerprint density at radius 3 is 2.56 bits per heavy atom. The average Bonchev–Trinajstić information content (AvgIpc) is 3.38. The van der Waals surface area contributed by atoms with Crippen molar-refractivity contribution < 1.29 is 38.2 Å². The van der Waals surface area contributed by atoms with E-state index in [1.165, 1.54) is 13.8 Å². The number of ether oxygens (including phenoxy) is 4. The van der Waals surface area contributed by atoms with Gasteiger partial charge in [0.15, 0.2) is 0 Å². The highest BCUT2D eigenvalue weighted by Crippen LogP contribution is 2.52. The molecule has 1 fully saturated rings. The van der Waals surface area contributed by atoms with E-state index in [0.717, 1.165) is 23.1 Å². The fourth-order valence-electron chi connectivity index (χ4n) is 5.66. The Morgan fingerprint density at radius 2 is 1.92 bits per heavy atom. The highest BCUT2D eigenvalue weighted by molar-refractivity contribution is 6.05. The van der Waals surface area contributed by atoms with E-state index >= 15 is 0 Å². The van der Waals surface area contributed by atoms with E-state index in [2.05, 4.69) is 12.1 Å². The van der Waals surface area contributed by atoms with E-state index in [1.807, 2.05) is 31.2 Å². The Hall–Kier alpha value is -3.36. The summed E-state index contributed by atoms with van der Waals surface area (Å²) < 4.78 is 22.0. The third kappa shape index (κ3) is 4.83. The van der Waals surface area contributed by atoms with Crippen molar-refractivity contribution in [1.29, 1.82) is 0 Å².